The van der Waals surface area contributed by atoms with E-state index in [0.717, 1.165) is 21.5 Å². The SMILES string of the molecule is Cc1cc(/C=C2\C(=O)NC(=S)N(c3ccc(Br)cc3)C2=O)c(C)n1-c1ccc(F)cc1. The third-order valence-corrected chi connectivity index (χ3v) is 5.85. The number of halogens is 2. The summed E-state index contributed by atoms with van der Waals surface area (Å²) in [5.41, 5.74) is 3.75. The molecule has 156 valence electrons. The summed E-state index contributed by atoms with van der Waals surface area (Å²) >= 11 is 8.60. The van der Waals surface area contributed by atoms with Gasteiger partial charge in [0.2, 0.25) is 0 Å². The lowest BCUT2D eigenvalue weighted by Gasteiger charge is -2.29. The third kappa shape index (κ3) is 3.96. The topological polar surface area (TPSA) is 54.3 Å². The minimum atomic E-state index is -0.546. The molecule has 1 saturated heterocycles. The second-order valence-corrected chi connectivity index (χ2v) is 8.37. The molecule has 0 unspecified atom stereocenters. The van der Waals surface area contributed by atoms with Crippen LogP contribution in [0.3, 0.4) is 0 Å². The maximum absolute atomic E-state index is 13.3. The van der Waals surface area contributed by atoms with Gasteiger partial charge in [-0.3, -0.25) is 19.8 Å². The quantitative estimate of drug-likeness (QED) is 0.320. The van der Waals surface area contributed by atoms with Crippen LogP contribution in [0, 0.1) is 19.7 Å². The van der Waals surface area contributed by atoms with Crippen LogP contribution in [0.1, 0.15) is 17.0 Å². The Kier molecular flexibility index (Phi) is 5.60. The Labute approximate surface area is 192 Å². The molecule has 0 atom stereocenters. The summed E-state index contributed by atoms with van der Waals surface area (Å²) in [5, 5.41) is 2.62. The molecule has 1 aliphatic heterocycles. The number of aromatic nitrogens is 1. The van der Waals surface area contributed by atoms with E-state index in [0.29, 0.717) is 11.3 Å². The smallest absolute Gasteiger partial charge is 0.270 e. The Morgan fingerprint density at radius 3 is 2.26 bits per heavy atom. The van der Waals surface area contributed by atoms with Crippen molar-refractivity contribution in [3.8, 4) is 5.69 Å². The van der Waals surface area contributed by atoms with Gasteiger partial charge in [0.05, 0.1) is 5.69 Å². The Hall–Kier alpha value is -3.10. The zero-order valence-corrected chi connectivity index (χ0v) is 19.1. The molecule has 1 N–H and O–H groups in total. The molecule has 0 bridgehead atoms. The number of anilines is 1. The van der Waals surface area contributed by atoms with E-state index in [1.165, 1.54) is 17.0 Å². The van der Waals surface area contributed by atoms with E-state index in [1.54, 1.807) is 42.5 Å². The van der Waals surface area contributed by atoms with Crippen LogP contribution in [0.5, 0.6) is 0 Å². The van der Waals surface area contributed by atoms with E-state index < -0.39 is 11.8 Å². The third-order valence-electron chi connectivity index (χ3n) is 5.04. The number of benzene rings is 2. The summed E-state index contributed by atoms with van der Waals surface area (Å²) in [6.07, 6.45) is 1.56. The number of amides is 2. The maximum atomic E-state index is 13.3. The van der Waals surface area contributed by atoms with Crippen molar-refractivity contribution in [3.05, 3.63) is 87.4 Å². The normalized spacial score (nSPS) is 15.5. The zero-order valence-electron chi connectivity index (χ0n) is 16.6. The average molecular weight is 498 g/mol. The number of carbonyl (C=O) groups excluding carboxylic acids is 2. The fourth-order valence-corrected chi connectivity index (χ4v) is 4.10. The molecule has 2 heterocycles. The Morgan fingerprint density at radius 2 is 1.61 bits per heavy atom. The molecule has 4 rings (SSSR count). The molecular weight excluding hydrogens is 481 g/mol. The Bertz CT molecular complexity index is 1250. The van der Waals surface area contributed by atoms with Gasteiger partial charge in [-0.25, -0.2) is 4.39 Å². The van der Waals surface area contributed by atoms with Gasteiger partial charge in [-0.05, 0) is 92.3 Å². The van der Waals surface area contributed by atoms with E-state index in [9.17, 15) is 14.0 Å². The molecule has 31 heavy (non-hydrogen) atoms. The fourth-order valence-electron chi connectivity index (χ4n) is 3.56. The van der Waals surface area contributed by atoms with Crippen LogP contribution in [-0.2, 0) is 9.59 Å². The first-order valence-electron chi connectivity index (χ1n) is 9.38. The number of hydrogen-bond donors (Lipinski definition) is 1. The van der Waals surface area contributed by atoms with Gasteiger partial charge in [0.1, 0.15) is 11.4 Å². The lowest BCUT2D eigenvalue weighted by atomic mass is 10.1. The first-order valence-corrected chi connectivity index (χ1v) is 10.6. The predicted octanol–water partition coefficient (Wildman–Crippen LogP) is 4.83. The molecule has 0 spiro atoms. The Balaban J connectivity index is 1.75. The highest BCUT2D eigenvalue weighted by Gasteiger charge is 2.34. The van der Waals surface area contributed by atoms with E-state index in [2.05, 4.69) is 21.2 Å². The summed E-state index contributed by atoms with van der Waals surface area (Å²) in [6, 6.07) is 15.1. The van der Waals surface area contributed by atoms with Gasteiger partial charge in [-0.1, -0.05) is 15.9 Å². The molecule has 2 aromatic carbocycles. The van der Waals surface area contributed by atoms with Gasteiger partial charge in [-0.15, -0.1) is 0 Å². The van der Waals surface area contributed by atoms with Crippen LogP contribution >= 0.6 is 28.1 Å². The molecule has 5 nitrogen and oxygen atoms in total. The van der Waals surface area contributed by atoms with Gasteiger partial charge < -0.3 is 4.57 Å². The fraction of sp³-hybridized carbons (Fsp3) is 0.0870. The average Bonchev–Trinajstić information content (AvgIpc) is 3.00. The van der Waals surface area contributed by atoms with Gasteiger partial charge >= 0.3 is 0 Å². The van der Waals surface area contributed by atoms with E-state index in [-0.39, 0.29) is 16.5 Å². The summed E-state index contributed by atoms with van der Waals surface area (Å²) in [6.45, 7) is 3.79. The van der Waals surface area contributed by atoms with Crippen LogP contribution in [0.2, 0.25) is 0 Å². The van der Waals surface area contributed by atoms with Crippen LogP contribution < -0.4 is 10.2 Å². The number of rotatable bonds is 3. The van der Waals surface area contributed by atoms with Gasteiger partial charge in [0, 0.05) is 21.5 Å². The molecule has 1 aliphatic rings. The van der Waals surface area contributed by atoms with E-state index in [4.69, 9.17) is 12.2 Å². The monoisotopic (exact) mass is 497 g/mol. The predicted molar refractivity (Wildman–Crippen MR) is 126 cm³/mol. The van der Waals surface area contributed by atoms with Crippen LogP contribution in [0.15, 0.2) is 64.6 Å². The first kappa shape index (κ1) is 21.1. The first-order chi connectivity index (χ1) is 14.8. The lowest BCUT2D eigenvalue weighted by molar-refractivity contribution is -0.122. The second-order valence-electron chi connectivity index (χ2n) is 7.07. The number of nitrogens with zero attached hydrogens (tertiary/aromatic N) is 2. The van der Waals surface area contributed by atoms with Crippen molar-refractivity contribution in [3.63, 3.8) is 0 Å². The minimum absolute atomic E-state index is 0.0177. The second kappa shape index (κ2) is 8.20. The van der Waals surface area contributed by atoms with Crippen molar-refractivity contribution in [2.75, 3.05) is 4.90 Å². The highest BCUT2D eigenvalue weighted by Crippen LogP contribution is 2.27. The Morgan fingerprint density at radius 1 is 1.00 bits per heavy atom. The summed E-state index contributed by atoms with van der Waals surface area (Å²) in [5.74, 6) is -1.36. The molecule has 2 amide bonds. The highest BCUT2D eigenvalue weighted by atomic mass is 79.9. The van der Waals surface area contributed by atoms with Gasteiger partial charge in [0.25, 0.3) is 11.8 Å². The van der Waals surface area contributed by atoms with Crippen molar-refractivity contribution >= 4 is 56.8 Å². The number of thiocarbonyl (C=S) groups is 1. The van der Waals surface area contributed by atoms with Crippen molar-refractivity contribution in [2.45, 2.75) is 13.8 Å². The number of hydrogen-bond acceptors (Lipinski definition) is 3. The summed E-state index contributed by atoms with van der Waals surface area (Å²) < 4.78 is 16.1. The van der Waals surface area contributed by atoms with E-state index >= 15 is 0 Å². The maximum Gasteiger partial charge on any atom is 0.270 e. The summed E-state index contributed by atoms with van der Waals surface area (Å²) in [7, 11) is 0. The molecule has 0 radical (unpaired) electrons. The molecule has 1 fully saturated rings. The summed E-state index contributed by atoms with van der Waals surface area (Å²) in [4.78, 5) is 27.1. The molecule has 0 aliphatic carbocycles. The molecular formula is C23H17BrFN3O2S. The largest absolute Gasteiger partial charge is 0.318 e. The van der Waals surface area contributed by atoms with Crippen molar-refractivity contribution in [2.24, 2.45) is 0 Å². The van der Waals surface area contributed by atoms with Crippen LogP contribution in [-0.4, -0.2) is 21.5 Å². The van der Waals surface area contributed by atoms with Crippen molar-refractivity contribution < 1.29 is 14.0 Å². The highest BCUT2D eigenvalue weighted by molar-refractivity contribution is 9.10. The standard InChI is InChI=1S/C23H17BrFN3O2S/c1-13-11-15(14(2)27(13)18-9-5-17(25)6-10-18)12-20-21(29)26-23(31)28(22(20)30)19-7-3-16(24)4-8-19/h3-12H,1-2H3,(H,26,29,31)/b20-12+. The molecule has 3 aromatic rings. The number of nitrogens with one attached hydrogen (secondary N) is 1. The lowest BCUT2D eigenvalue weighted by Crippen LogP contribution is -2.54. The minimum Gasteiger partial charge on any atom is -0.318 e. The number of aryl methyl sites for hydroxylation is 1. The molecule has 0 saturated carbocycles. The van der Waals surface area contributed by atoms with Crippen molar-refractivity contribution in [1.82, 2.24) is 9.88 Å². The van der Waals surface area contributed by atoms with Crippen LogP contribution in [0.4, 0.5) is 10.1 Å². The number of carbonyl (C=O) groups is 2. The van der Waals surface area contributed by atoms with Gasteiger partial charge in [0.15, 0.2) is 5.11 Å². The zero-order chi connectivity index (χ0) is 22.3. The van der Waals surface area contributed by atoms with Gasteiger partial charge in [-0.2, -0.15) is 0 Å². The molecule has 1 aromatic heterocycles. The molecule has 8 heteroatoms. The van der Waals surface area contributed by atoms with Crippen LogP contribution in [0.25, 0.3) is 11.8 Å². The van der Waals surface area contributed by atoms with E-state index in [1.807, 2.05) is 24.5 Å². The van der Waals surface area contributed by atoms with Crippen molar-refractivity contribution in [1.29, 1.82) is 0 Å².